The minimum absolute atomic E-state index is 0. The molecule has 0 unspecified atom stereocenters. The Kier molecular flexibility index (Phi) is 8.42. The zero-order valence-electron chi connectivity index (χ0n) is 16.2. The summed E-state index contributed by atoms with van der Waals surface area (Å²) in [6, 6.07) is 12.8. The molecule has 2 N–H and O–H groups in total. The van der Waals surface area contributed by atoms with E-state index in [1.165, 1.54) is 6.07 Å². The van der Waals surface area contributed by atoms with Gasteiger partial charge in [-0.3, -0.25) is 4.79 Å². The highest BCUT2D eigenvalue weighted by Gasteiger charge is 2.25. The van der Waals surface area contributed by atoms with Gasteiger partial charge in [0.05, 0.1) is 11.7 Å². The molecule has 4 nitrogen and oxygen atoms in total. The lowest BCUT2D eigenvalue weighted by molar-refractivity contribution is 0.00834. The molecule has 2 aromatic carbocycles. The number of halogens is 2. The van der Waals surface area contributed by atoms with Crippen molar-refractivity contribution in [1.82, 2.24) is 4.90 Å². The van der Waals surface area contributed by atoms with Crippen LogP contribution in [-0.2, 0) is 4.74 Å². The standard InChI is InChI=1S/C22H27FN2O2.ClH/c1-16-3-5-17(6-4-16)18-7-8-20(21(23)15-18)22(26)25-12-9-19(10-13-25)27-14-2-11-24;/h3-8,15,19H,2,9-14,24H2,1H3;1H. The molecule has 0 aliphatic carbocycles. The first kappa shape index (κ1) is 22.3. The topological polar surface area (TPSA) is 55.6 Å². The highest BCUT2D eigenvalue weighted by atomic mass is 35.5. The number of benzene rings is 2. The molecule has 3 rings (SSSR count). The Hall–Kier alpha value is -1.95. The van der Waals surface area contributed by atoms with Crippen molar-refractivity contribution < 1.29 is 13.9 Å². The molecule has 2 aromatic rings. The normalized spacial score (nSPS) is 14.6. The van der Waals surface area contributed by atoms with E-state index in [0.29, 0.717) is 26.2 Å². The Balaban J connectivity index is 0.00000280. The van der Waals surface area contributed by atoms with Gasteiger partial charge in [-0.25, -0.2) is 4.39 Å². The third kappa shape index (κ3) is 5.53. The summed E-state index contributed by atoms with van der Waals surface area (Å²) in [5, 5.41) is 0. The number of carbonyl (C=O) groups excluding carboxylic acids is 1. The van der Waals surface area contributed by atoms with Crippen LogP contribution in [0.15, 0.2) is 42.5 Å². The molecule has 152 valence electrons. The number of amides is 1. The smallest absolute Gasteiger partial charge is 0.256 e. The fourth-order valence-corrected chi connectivity index (χ4v) is 3.34. The van der Waals surface area contributed by atoms with Gasteiger partial charge >= 0.3 is 0 Å². The number of nitrogens with two attached hydrogens (primary N) is 1. The molecule has 0 spiro atoms. The van der Waals surface area contributed by atoms with Crippen molar-refractivity contribution in [3.05, 3.63) is 59.4 Å². The number of hydrogen-bond acceptors (Lipinski definition) is 3. The largest absolute Gasteiger partial charge is 0.378 e. The summed E-state index contributed by atoms with van der Waals surface area (Å²) >= 11 is 0. The van der Waals surface area contributed by atoms with E-state index >= 15 is 0 Å². The summed E-state index contributed by atoms with van der Waals surface area (Å²) in [5.74, 6) is -0.720. The van der Waals surface area contributed by atoms with Crippen molar-refractivity contribution in [1.29, 1.82) is 0 Å². The quantitative estimate of drug-likeness (QED) is 0.731. The first-order valence-corrected chi connectivity index (χ1v) is 9.56. The van der Waals surface area contributed by atoms with Gasteiger partial charge in [0, 0.05) is 19.7 Å². The lowest BCUT2D eigenvalue weighted by Crippen LogP contribution is -2.41. The van der Waals surface area contributed by atoms with Crippen molar-refractivity contribution in [2.24, 2.45) is 5.73 Å². The van der Waals surface area contributed by atoms with E-state index in [1.807, 2.05) is 37.3 Å². The van der Waals surface area contributed by atoms with Crippen LogP contribution in [0.1, 0.15) is 35.2 Å². The Bertz CT molecular complexity index is 775. The van der Waals surface area contributed by atoms with Crippen LogP contribution in [0.2, 0.25) is 0 Å². The van der Waals surface area contributed by atoms with Crippen LogP contribution < -0.4 is 5.73 Å². The van der Waals surface area contributed by atoms with E-state index in [9.17, 15) is 9.18 Å². The monoisotopic (exact) mass is 406 g/mol. The fourth-order valence-electron chi connectivity index (χ4n) is 3.34. The van der Waals surface area contributed by atoms with Gasteiger partial charge in [0.2, 0.25) is 0 Å². The summed E-state index contributed by atoms with van der Waals surface area (Å²) in [6.07, 6.45) is 2.56. The van der Waals surface area contributed by atoms with Crippen LogP contribution in [0.5, 0.6) is 0 Å². The van der Waals surface area contributed by atoms with Crippen LogP contribution in [0, 0.1) is 12.7 Å². The summed E-state index contributed by atoms with van der Waals surface area (Å²) in [4.78, 5) is 14.4. The molecule has 0 bridgehead atoms. The summed E-state index contributed by atoms with van der Waals surface area (Å²) < 4.78 is 20.4. The molecule has 0 atom stereocenters. The van der Waals surface area contributed by atoms with Gasteiger partial charge < -0.3 is 15.4 Å². The molecule has 0 radical (unpaired) electrons. The molecule has 1 fully saturated rings. The first-order valence-electron chi connectivity index (χ1n) is 9.56. The number of rotatable bonds is 6. The molecule has 28 heavy (non-hydrogen) atoms. The second-order valence-corrected chi connectivity index (χ2v) is 7.07. The van der Waals surface area contributed by atoms with E-state index in [2.05, 4.69) is 0 Å². The van der Waals surface area contributed by atoms with E-state index < -0.39 is 5.82 Å². The Labute approximate surface area is 172 Å². The molecule has 6 heteroatoms. The third-order valence-corrected chi connectivity index (χ3v) is 5.02. The second-order valence-electron chi connectivity index (χ2n) is 7.07. The average Bonchev–Trinajstić information content (AvgIpc) is 2.69. The first-order chi connectivity index (χ1) is 13.1. The number of nitrogens with zero attached hydrogens (tertiary/aromatic N) is 1. The minimum Gasteiger partial charge on any atom is -0.378 e. The van der Waals surface area contributed by atoms with Gasteiger partial charge in [-0.15, -0.1) is 12.4 Å². The van der Waals surface area contributed by atoms with Crippen LogP contribution in [0.3, 0.4) is 0 Å². The maximum absolute atomic E-state index is 14.6. The molecule has 1 aliphatic rings. The van der Waals surface area contributed by atoms with E-state index in [0.717, 1.165) is 36.0 Å². The van der Waals surface area contributed by atoms with Crippen molar-refractivity contribution in [3.8, 4) is 11.1 Å². The van der Waals surface area contributed by atoms with Gasteiger partial charge in [0.1, 0.15) is 5.82 Å². The highest BCUT2D eigenvalue weighted by molar-refractivity contribution is 5.95. The summed E-state index contributed by atoms with van der Waals surface area (Å²) in [5.41, 5.74) is 8.47. The predicted molar refractivity (Wildman–Crippen MR) is 112 cm³/mol. The number of hydrogen-bond donors (Lipinski definition) is 1. The molecule has 1 saturated heterocycles. The third-order valence-electron chi connectivity index (χ3n) is 5.02. The molecule has 1 heterocycles. The van der Waals surface area contributed by atoms with Gasteiger partial charge in [-0.1, -0.05) is 35.9 Å². The van der Waals surface area contributed by atoms with E-state index in [-0.39, 0.29) is 30.0 Å². The zero-order valence-corrected chi connectivity index (χ0v) is 17.0. The van der Waals surface area contributed by atoms with Crippen molar-refractivity contribution in [2.75, 3.05) is 26.2 Å². The predicted octanol–water partition coefficient (Wildman–Crippen LogP) is 4.19. The van der Waals surface area contributed by atoms with Crippen molar-refractivity contribution in [2.45, 2.75) is 32.3 Å². The van der Waals surface area contributed by atoms with Gasteiger partial charge in [0.15, 0.2) is 0 Å². The molecule has 0 saturated carbocycles. The second kappa shape index (κ2) is 10.6. The fraction of sp³-hybridized carbons (Fsp3) is 0.409. The van der Waals surface area contributed by atoms with Gasteiger partial charge in [0.25, 0.3) is 5.91 Å². The summed E-state index contributed by atoms with van der Waals surface area (Å²) in [6.45, 7) is 4.47. The van der Waals surface area contributed by atoms with Gasteiger partial charge in [-0.2, -0.15) is 0 Å². The van der Waals surface area contributed by atoms with E-state index in [1.54, 1.807) is 11.0 Å². The Morgan fingerprint density at radius 2 is 1.79 bits per heavy atom. The number of aryl methyl sites for hydroxylation is 1. The zero-order chi connectivity index (χ0) is 19.2. The number of piperidine rings is 1. The molecular formula is C22H28ClFN2O2. The number of ether oxygens (including phenoxy) is 1. The maximum Gasteiger partial charge on any atom is 0.256 e. The van der Waals surface area contributed by atoms with Crippen molar-refractivity contribution in [3.63, 3.8) is 0 Å². The lowest BCUT2D eigenvalue weighted by atomic mass is 10.0. The molecule has 0 aromatic heterocycles. The number of carbonyl (C=O) groups is 1. The lowest BCUT2D eigenvalue weighted by Gasteiger charge is -2.32. The molecule has 1 amide bonds. The van der Waals surface area contributed by atoms with Gasteiger partial charge in [-0.05, 0) is 56.0 Å². The average molecular weight is 407 g/mol. The Morgan fingerprint density at radius 1 is 1.14 bits per heavy atom. The van der Waals surface area contributed by atoms with Crippen LogP contribution in [-0.4, -0.2) is 43.2 Å². The maximum atomic E-state index is 14.6. The van der Waals surface area contributed by atoms with Crippen LogP contribution in [0.4, 0.5) is 4.39 Å². The molecular weight excluding hydrogens is 379 g/mol. The van der Waals surface area contributed by atoms with E-state index in [4.69, 9.17) is 10.5 Å². The van der Waals surface area contributed by atoms with Crippen LogP contribution >= 0.6 is 12.4 Å². The summed E-state index contributed by atoms with van der Waals surface area (Å²) in [7, 11) is 0. The van der Waals surface area contributed by atoms with Crippen molar-refractivity contribution >= 4 is 18.3 Å². The Morgan fingerprint density at radius 3 is 2.39 bits per heavy atom. The minimum atomic E-state index is -0.473. The number of likely N-dealkylation sites (tertiary alicyclic amines) is 1. The highest BCUT2D eigenvalue weighted by Crippen LogP contribution is 2.24. The molecule has 1 aliphatic heterocycles. The van der Waals surface area contributed by atoms with Crippen LogP contribution in [0.25, 0.3) is 11.1 Å². The SMILES string of the molecule is Cc1ccc(-c2ccc(C(=O)N3CCC(OCCCN)CC3)c(F)c2)cc1.Cl.